The Morgan fingerprint density at radius 3 is 2.19 bits per heavy atom. The van der Waals surface area contributed by atoms with E-state index in [0.717, 1.165) is 6.42 Å². The highest BCUT2D eigenvalue weighted by Crippen LogP contribution is 2.41. The molecule has 1 heteroatoms. The van der Waals surface area contributed by atoms with Gasteiger partial charge >= 0.3 is 0 Å². The van der Waals surface area contributed by atoms with Crippen LogP contribution in [0.15, 0.2) is 18.2 Å². The lowest BCUT2D eigenvalue weighted by Gasteiger charge is -2.28. The summed E-state index contributed by atoms with van der Waals surface area (Å²) < 4.78 is 0. The second kappa shape index (κ2) is 4.58. The van der Waals surface area contributed by atoms with E-state index in [9.17, 15) is 5.11 Å². The zero-order valence-corrected chi connectivity index (χ0v) is 10.4. The first-order valence-electron chi connectivity index (χ1n) is 6.33. The van der Waals surface area contributed by atoms with Crippen molar-refractivity contribution in [2.75, 3.05) is 6.61 Å². The van der Waals surface area contributed by atoms with Crippen molar-refractivity contribution in [1.82, 2.24) is 0 Å². The maximum Gasteiger partial charge on any atom is 0.0490 e. The fourth-order valence-corrected chi connectivity index (χ4v) is 3.02. The van der Waals surface area contributed by atoms with Crippen molar-refractivity contribution in [3.8, 4) is 0 Å². The Hall–Kier alpha value is -0.820. The van der Waals surface area contributed by atoms with E-state index in [1.807, 2.05) is 0 Å². The van der Waals surface area contributed by atoms with Gasteiger partial charge in [0.25, 0.3) is 0 Å². The van der Waals surface area contributed by atoms with Crippen LogP contribution in [0, 0.1) is 19.3 Å². The Morgan fingerprint density at radius 2 is 1.69 bits per heavy atom. The van der Waals surface area contributed by atoms with E-state index in [0.29, 0.717) is 6.61 Å². The van der Waals surface area contributed by atoms with Gasteiger partial charge in [-0.25, -0.2) is 0 Å². The summed E-state index contributed by atoms with van der Waals surface area (Å²) in [5, 5.41) is 9.66. The third-order valence-corrected chi connectivity index (χ3v) is 4.20. The third-order valence-electron chi connectivity index (χ3n) is 4.20. The third kappa shape index (κ3) is 2.15. The first-order valence-corrected chi connectivity index (χ1v) is 6.33. The van der Waals surface area contributed by atoms with Crippen molar-refractivity contribution in [3.63, 3.8) is 0 Å². The maximum absolute atomic E-state index is 9.66. The molecule has 88 valence electrons. The van der Waals surface area contributed by atoms with Gasteiger partial charge in [-0.2, -0.15) is 0 Å². The Morgan fingerprint density at radius 1 is 1.12 bits per heavy atom. The molecule has 16 heavy (non-hydrogen) atoms. The molecule has 0 radical (unpaired) electrons. The van der Waals surface area contributed by atoms with Gasteiger partial charge in [-0.05, 0) is 55.2 Å². The van der Waals surface area contributed by atoms with Gasteiger partial charge in [0, 0.05) is 6.61 Å². The van der Waals surface area contributed by atoms with Crippen LogP contribution in [0.4, 0.5) is 0 Å². The zero-order valence-electron chi connectivity index (χ0n) is 10.4. The summed E-state index contributed by atoms with van der Waals surface area (Å²) in [5.41, 5.74) is 4.38. The van der Waals surface area contributed by atoms with E-state index in [1.54, 1.807) is 0 Å². The van der Waals surface area contributed by atoms with Gasteiger partial charge in [0.15, 0.2) is 0 Å². The molecule has 0 spiro atoms. The molecule has 0 amide bonds. The standard InChI is InChI=1S/C15H22O/c1-12-6-5-7-13(2)14(12)10-15(11-16)8-3-4-9-15/h5-7,16H,3-4,8-11H2,1-2H3. The zero-order chi connectivity index (χ0) is 11.6. The summed E-state index contributed by atoms with van der Waals surface area (Å²) in [5.74, 6) is 0. The first-order chi connectivity index (χ1) is 7.67. The van der Waals surface area contributed by atoms with E-state index >= 15 is 0 Å². The largest absolute Gasteiger partial charge is 0.396 e. The van der Waals surface area contributed by atoms with Gasteiger partial charge in [-0.1, -0.05) is 31.0 Å². The molecule has 1 aliphatic carbocycles. The van der Waals surface area contributed by atoms with Crippen molar-refractivity contribution in [1.29, 1.82) is 0 Å². The number of aryl methyl sites for hydroxylation is 2. The molecule has 1 aliphatic rings. The van der Waals surface area contributed by atoms with Gasteiger partial charge in [0.1, 0.15) is 0 Å². The Labute approximate surface area is 98.5 Å². The fraction of sp³-hybridized carbons (Fsp3) is 0.600. The minimum absolute atomic E-state index is 0.177. The highest BCUT2D eigenvalue weighted by atomic mass is 16.3. The molecule has 1 fully saturated rings. The number of hydrogen-bond donors (Lipinski definition) is 1. The summed E-state index contributed by atoms with van der Waals surface area (Å²) in [6, 6.07) is 6.49. The average Bonchev–Trinajstić information content (AvgIpc) is 2.73. The van der Waals surface area contributed by atoms with Crippen LogP contribution in [0.25, 0.3) is 0 Å². The van der Waals surface area contributed by atoms with Gasteiger partial charge in [-0.15, -0.1) is 0 Å². The highest BCUT2D eigenvalue weighted by molar-refractivity contribution is 5.34. The van der Waals surface area contributed by atoms with E-state index in [1.165, 1.54) is 42.4 Å². The summed E-state index contributed by atoms with van der Waals surface area (Å²) in [4.78, 5) is 0. The molecule has 0 atom stereocenters. The molecule has 2 rings (SSSR count). The van der Waals surface area contributed by atoms with Crippen LogP contribution in [-0.2, 0) is 6.42 Å². The lowest BCUT2D eigenvalue weighted by molar-refractivity contribution is 0.130. The van der Waals surface area contributed by atoms with E-state index < -0.39 is 0 Å². The summed E-state index contributed by atoms with van der Waals surface area (Å²) in [7, 11) is 0. The van der Waals surface area contributed by atoms with Gasteiger partial charge < -0.3 is 5.11 Å². The molecule has 0 unspecified atom stereocenters. The van der Waals surface area contributed by atoms with Gasteiger partial charge in [-0.3, -0.25) is 0 Å². The predicted octanol–water partition coefficient (Wildman–Crippen LogP) is 3.40. The number of hydrogen-bond acceptors (Lipinski definition) is 1. The van der Waals surface area contributed by atoms with Crippen molar-refractivity contribution in [2.45, 2.75) is 46.0 Å². The molecule has 1 nitrogen and oxygen atoms in total. The molecule has 0 saturated heterocycles. The smallest absolute Gasteiger partial charge is 0.0490 e. The van der Waals surface area contributed by atoms with E-state index in [4.69, 9.17) is 0 Å². The minimum Gasteiger partial charge on any atom is -0.396 e. The van der Waals surface area contributed by atoms with Crippen LogP contribution in [0.5, 0.6) is 0 Å². The monoisotopic (exact) mass is 218 g/mol. The molecule has 0 heterocycles. The lowest BCUT2D eigenvalue weighted by atomic mass is 9.79. The summed E-state index contributed by atoms with van der Waals surface area (Å²) in [6.07, 6.45) is 6.01. The van der Waals surface area contributed by atoms with E-state index in [-0.39, 0.29) is 5.41 Å². The van der Waals surface area contributed by atoms with Crippen LogP contribution in [-0.4, -0.2) is 11.7 Å². The Bertz CT molecular complexity index is 341. The molecule has 0 bridgehead atoms. The SMILES string of the molecule is Cc1cccc(C)c1CC1(CO)CCCC1. The Balaban J connectivity index is 2.25. The van der Waals surface area contributed by atoms with Crippen LogP contribution in [0.2, 0.25) is 0 Å². The molecule has 1 aromatic carbocycles. The number of benzene rings is 1. The van der Waals surface area contributed by atoms with Gasteiger partial charge in [0.2, 0.25) is 0 Å². The lowest BCUT2D eigenvalue weighted by Crippen LogP contribution is -2.25. The summed E-state index contributed by atoms with van der Waals surface area (Å²) in [6.45, 7) is 4.71. The number of aliphatic hydroxyl groups excluding tert-OH is 1. The van der Waals surface area contributed by atoms with Crippen molar-refractivity contribution in [3.05, 3.63) is 34.9 Å². The fourth-order valence-electron chi connectivity index (χ4n) is 3.02. The van der Waals surface area contributed by atoms with Crippen LogP contribution in [0.1, 0.15) is 42.4 Å². The molecule has 1 saturated carbocycles. The quantitative estimate of drug-likeness (QED) is 0.824. The molecule has 1 N–H and O–H groups in total. The number of aliphatic hydroxyl groups is 1. The average molecular weight is 218 g/mol. The molecule has 0 aliphatic heterocycles. The van der Waals surface area contributed by atoms with Crippen LogP contribution in [0.3, 0.4) is 0 Å². The van der Waals surface area contributed by atoms with Crippen molar-refractivity contribution >= 4 is 0 Å². The minimum atomic E-state index is 0.177. The second-order valence-electron chi connectivity index (χ2n) is 5.41. The first kappa shape index (κ1) is 11.7. The van der Waals surface area contributed by atoms with E-state index in [2.05, 4.69) is 32.0 Å². The van der Waals surface area contributed by atoms with Crippen LogP contribution >= 0.6 is 0 Å². The summed E-state index contributed by atoms with van der Waals surface area (Å²) >= 11 is 0. The van der Waals surface area contributed by atoms with Crippen molar-refractivity contribution in [2.24, 2.45) is 5.41 Å². The second-order valence-corrected chi connectivity index (χ2v) is 5.41. The predicted molar refractivity (Wildman–Crippen MR) is 67.6 cm³/mol. The number of rotatable bonds is 3. The normalized spacial score (nSPS) is 18.9. The van der Waals surface area contributed by atoms with Gasteiger partial charge in [0.05, 0.1) is 0 Å². The Kier molecular flexibility index (Phi) is 3.34. The molecule has 0 aromatic heterocycles. The topological polar surface area (TPSA) is 20.2 Å². The molecular weight excluding hydrogens is 196 g/mol. The van der Waals surface area contributed by atoms with Crippen LogP contribution < -0.4 is 0 Å². The highest BCUT2D eigenvalue weighted by Gasteiger charge is 2.33. The maximum atomic E-state index is 9.66. The molecule has 1 aromatic rings. The molecular formula is C15H22O. The van der Waals surface area contributed by atoms with Crippen molar-refractivity contribution < 1.29 is 5.11 Å².